The molecule has 0 amide bonds. The summed E-state index contributed by atoms with van der Waals surface area (Å²) in [6.45, 7) is 0. The number of anilines is 1. The number of ether oxygens (including phenoxy) is 1. The summed E-state index contributed by atoms with van der Waals surface area (Å²) in [6, 6.07) is 5.19. The molecule has 0 unspecified atom stereocenters. The summed E-state index contributed by atoms with van der Waals surface area (Å²) in [7, 11) is 1.56. The SMILES string of the molecule is COc1ccc2c(c1)nc(N)n1nc(F)nc21. The molecule has 2 heterocycles. The minimum absolute atomic E-state index is 0.0807. The van der Waals surface area contributed by atoms with E-state index in [1.807, 2.05) is 0 Å². The lowest BCUT2D eigenvalue weighted by Gasteiger charge is -2.04. The summed E-state index contributed by atoms with van der Waals surface area (Å²) in [6.07, 6.45) is -0.832. The fourth-order valence-electron chi connectivity index (χ4n) is 1.71. The number of rotatable bonds is 1. The van der Waals surface area contributed by atoms with Gasteiger partial charge in [0.15, 0.2) is 5.65 Å². The van der Waals surface area contributed by atoms with E-state index in [0.717, 1.165) is 0 Å². The molecule has 1 aromatic carbocycles. The molecule has 86 valence electrons. The molecule has 0 aliphatic rings. The molecule has 17 heavy (non-hydrogen) atoms. The minimum atomic E-state index is -0.832. The second-order valence-corrected chi connectivity index (χ2v) is 3.47. The van der Waals surface area contributed by atoms with E-state index in [0.29, 0.717) is 22.3 Å². The Labute approximate surface area is 94.8 Å². The lowest BCUT2D eigenvalue weighted by molar-refractivity contribution is 0.415. The van der Waals surface area contributed by atoms with Crippen LogP contribution in [0.15, 0.2) is 18.2 Å². The molecule has 0 spiro atoms. The van der Waals surface area contributed by atoms with Crippen molar-refractivity contribution in [3.8, 4) is 5.75 Å². The van der Waals surface area contributed by atoms with E-state index in [1.165, 1.54) is 4.52 Å². The highest BCUT2D eigenvalue weighted by molar-refractivity contribution is 5.92. The first-order valence-electron chi connectivity index (χ1n) is 4.84. The molecule has 7 heteroatoms. The van der Waals surface area contributed by atoms with E-state index < -0.39 is 6.08 Å². The largest absolute Gasteiger partial charge is 0.497 e. The van der Waals surface area contributed by atoms with Crippen molar-refractivity contribution in [1.82, 2.24) is 19.6 Å². The number of hydrogen-bond donors (Lipinski definition) is 1. The van der Waals surface area contributed by atoms with E-state index in [2.05, 4.69) is 15.1 Å². The van der Waals surface area contributed by atoms with E-state index >= 15 is 0 Å². The zero-order valence-electron chi connectivity index (χ0n) is 8.88. The number of nitrogens with two attached hydrogens (primary N) is 1. The van der Waals surface area contributed by atoms with Gasteiger partial charge in [0.25, 0.3) is 0 Å². The normalized spacial score (nSPS) is 11.2. The van der Waals surface area contributed by atoms with Crippen LogP contribution in [-0.4, -0.2) is 26.7 Å². The lowest BCUT2D eigenvalue weighted by atomic mass is 10.2. The minimum Gasteiger partial charge on any atom is -0.497 e. The number of methoxy groups -OCH3 is 1. The smallest absolute Gasteiger partial charge is 0.328 e. The van der Waals surface area contributed by atoms with Crippen molar-refractivity contribution in [3.63, 3.8) is 0 Å². The van der Waals surface area contributed by atoms with Crippen LogP contribution < -0.4 is 10.5 Å². The van der Waals surface area contributed by atoms with Crippen LogP contribution in [0.1, 0.15) is 0 Å². The molecule has 3 rings (SSSR count). The molecule has 2 aromatic heterocycles. The Hall–Kier alpha value is -2.44. The van der Waals surface area contributed by atoms with Crippen molar-refractivity contribution in [3.05, 3.63) is 24.3 Å². The van der Waals surface area contributed by atoms with Gasteiger partial charge in [0, 0.05) is 11.5 Å². The van der Waals surface area contributed by atoms with Gasteiger partial charge in [0.05, 0.1) is 12.6 Å². The lowest BCUT2D eigenvalue weighted by Crippen LogP contribution is -2.02. The third kappa shape index (κ3) is 1.36. The van der Waals surface area contributed by atoms with Crippen LogP contribution in [0, 0.1) is 6.08 Å². The first kappa shape index (κ1) is 9.76. The molecule has 0 fully saturated rings. The van der Waals surface area contributed by atoms with Gasteiger partial charge in [-0.15, -0.1) is 5.10 Å². The maximum absolute atomic E-state index is 13.0. The second-order valence-electron chi connectivity index (χ2n) is 3.47. The molecule has 2 N–H and O–H groups in total. The Morgan fingerprint density at radius 2 is 2.18 bits per heavy atom. The highest BCUT2D eigenvalue weighted by atomic mass is 19.1. The van der Waals surface area contributed by atoms with Crippen molar-refractivity contribution < 1.29 is 9.13 Å². The van der Waals surface area contributed by atoms with Crippen molar-refractivity contribution in [2.45, 2.75) is 0 Å². The summed E-state index contributed by atoms with van der Waals surface area (Å²) in [5, 5.41) is 4.19. The molecule has 0 saturated carbocycles. The quantitative estimate of drug-likeness (QED) is 0.678. The van der Waals surface area contributed by atoms with E-state index in [-0.39, 0.29) is 5.95 Å². The summed E-state index contributed by atoms with van der Waals surface area (Å²) >= 11 is 0. The second kappa shape index (κ2) is 3.27. The fraction of sp³-hybridized carbons (Fsp3) is 0.100. The van der Waals surface area contributed by atoms with Crippen molar-refractivity contribution >= 4 is 22.5 Å². The van der Waals surface area contributed by atoms with Crippen molar-refractivity contribution in [2.24, 2.45) is 0 Å². The first-order valence-corrected chi connectivity index (χ1v) is 4.84. The maximum Gasteiger partial charge on any atom is 0.328 e. The zero-order valence-corrected chi connectivity index (χ0v) is 8.88. The van der Waals surface area contributed by atoms with Crippen LogP contribution in [0.25, 0.3) is 16.6 Å². The van der Waals surface area contributed by atoms with E-state index in [4.69, 9.17) is 10.5 Å². The van der Waals surface area contributed by atoms with Gasteiger partial charge in [-0.1, -0.05) is 0 Å². The number of nitrogen functional groups attached to an aromatic ring is 1. The maximum atomic E-state index is 13.0. The molecule has 0 bridgehead atoms. The number of fused-ring (bicyclic) bond motifs is 3. The van der Waals surface area contributed by atoms with Crippen LogP contribution in [0.3, 0.4) is 0 Å². The average Bonchev–Trinajstić information content (AvgIpc) is 2.71. The zero-order chi connectivity index (χ0) is 12.0. The fourth-order valence-corrected chi connectivity index (χ4v) is 1.71. The van der Waals surface area contributed by atoms with E-state index in [9.17, 15) is 4.39 Å². The summed E-state index contributed by atoms with van der Waals surface area (Å²) < 4.78 is 19.3. The molecule has 0 aliphatic carbocycles. The third-order valence-electron chi connectivity index (χ3n) is 2.48. The predicted octanol–water partition coefficient (Wildman–Crippen LogP) is 1.01. The van der Waals surface area contributed by atoms with Crippen LogP contribution >= 0.6 is 0 Å². The van der Waals surface area contributed by atoms with Crippen LogP contribution in [0.2, 0.25) is 0 Å². The van der Waals surface area contributed by atoms with Gasteiger partial charge in [-0.05, 0) is 12.1 Å². The van der Waals surface area contributed by atoms with Crippen molar-refractivity contribution in [2.75, 3.05) is 12.8 Å². The number of benzene rings is 1. The summed E-state index contributed by atoms with van der Waals surface area (Å²) in [4.78, 5) is 7.80. The predicted molar refractivity (Wildman–Crippen MR) is 59.2 cm³/mol. The van der Waals surface area contributed by atoms with Crippen LogP contribution in [0.5, 0.6) is 5.75 Å². The van der Waals surface area contributed by atoms with Gasteiger partial charge in [0.1, 0.15) is 5.75 Å². The molecule has 0 saturated heterocycles. The molecule has 0 radical (unpaired) electrons. The van der Waals surface area contributed by atoms with Crippen LogP contribution in [-0.2, 0) is 0 Å². The van der Waals surface area contributed by atoms with Gasteiger partial charge < -0.3 is 10.5 Å². The van der Waals surface area contributed by atoms with Gasteiger partial charge in [-0.2, -0.15) is 13.9 Å². The number of aromatic nitrogens is 4. The van der Waals surface area contributed by atoms with Gasteiger partial charge in [-0.25, -0.2) is 4.98 Å². The van der Waals surface area contributed by atoms with Gasteiger partial charge in [0.2, 0.25) is 5.95 Å². The number of hydrogen-bond acceptors (Lipinski definition) is 5. The van der Waals surface area contributed by atoms with Gasteiger partial charge in [-0.3, -0.25) is 0 Å². The molecule has 0 aliphatic heterocycles. The third-order valence-corrected chi connectivity index (χ3v) is 2.48. The number of halogens is 1. The van der Waals surface area contributed by atoms with E-state index in [1.54, 1.807) is 25.3 Å². The van der Waals surface area contributed by atoms with Gasteiger partial charge >= 0.3 is 6.08 Å². The highest BCUT2D eigenvalue weighted by Crippen LogP contribution is 2.23. The highest BCUT2D eigenvalue weighted by Gasteiger charge is 2.11. The van der Waals surface area contributed by atoms with Crippen LogP contribution in [0.4, 0.5) is 10.3 Å². The molecule has 0 atom stereocenters. The standard InChI is InChI=1S/C10H8FN5O/c1-17-5-2-3-6-7(4-5)13-10(12)16-8(6)14-9(11)15-16/h2-4H,1H3,(H2,12,13). The Balaban J connectivity index is 2.47. The summed E-state index contributed by atoms with van der Waals surface area (Å²) in [5.74, 6) is 0.728. The Morgan fingerprint density at radius 3 is 2.94 bits per heavy atom. The molecule has 3 aromatic rings. The Morgan fingerprint density at radius 1 is 1.35 bits per heavy atom. The number of nitrogens with zero attached hydrogens (tertiary/aromatic N) is 4. The Bertz CT molecular complexity index is 723. The monoisotopic (exact) mass is 233 g/mol. The molecular weight excluding hydrogens is 225 g/mol. The molecule has 6 nitrogen and oxygen atoms in total. The topological polar surface area (TPSA) is 78.3 Å². The first-order chi connectivity index (χ1) is 8.19. The molecular formula is C10H8FN5O. The average molecular weight is 233 g/mol. The van der Waals surface area contributed by atoms with Crippen molar-refractivity contribution in [1.29, 1.82) is 0 Å². The Kier molecular flexibility index (Phi) is 1.88. The summed E-state index contributed by atoms with van der Waals surface area (Å²) in [5.41, 5.74) is 6.59.